The Morgan fingerprint density at radius 3 is 2.47 bits per heavy atom. The first kappa shape index (κ1) is 15.7. The number of hydrogen-bond acceptors (Lipinski definition) is 3. The summed E-state index contributed by atoms with van der Waals surface area (Å²) in [6.07, 6.45) is 1.18. The van der Waals surface area contributed by atoms with Crippen LogP contribution >= 0.6 is 15.9 Å². The number of urea groups is 1. The van der Waals surface area contributed by atoms with Crippen LogP contribution in [-0.4, -0.2) is 37.0 Å². The average Bonchev–Trinajstić information content (AvgIpc) is 2.35. The maximum absolute atomic E-state index is 11.2. The molecule has 0 fully saturated rings. The first-order valence-corrected chi connectivity index (χ1v) is 6.79. The second-order valence-corrected chi connectivity index (χ2v) is 5.26. The highest BCUT2D eigenvalue weighted by Gasteiger charge is 2.06. The normalized spacial score (nSPS) is 10.5. The molecule has 6 heteroatoms. The highest BCUT2D eigenvalue weighted by Crippen LogP contribution is 2.11. The molecular weight excluding hydrogens is 310 g/mol. The molecule has 5 nitrogen and oxygen atoms in total. The van der Waals surface area contributed by atoms with Gasteiger partial charge in [-0.3, -0.25) is 10.1 Å². The Balaban J connectivity index is 2.24. The lowest BCUT2D eigenvalue weighted by Crippen LogP contribution is -2.37. The van der Waals surface area contributed by atoms with E-state index in [1.165, 1.54) is 5.56 Å². The molecule has 19 heavy (non-hydrogen) atoms. The zero-order chi connectivity index (χ0) is 14.3. The molecule has 3 N–H and O–H groups in total. The van der Waals surface area contributed by atoms with Gasteiger partial charge in [-0.2, -0.15) is 0 Å². The summed E-state index contributed by atoms with van der Waals surface area (Å²) >= 11 is 3.39. The van der Waals surface area contributed by atoms with E-state index < -0.39 is 6.03 Å². The van der Waals surface area contributed by atoms with E-state index in [0.717, 1.165) is 17.4 Å². The van der Waals surface area contributed by atoms with Gasteiger partial charge in [-0.15, -0.1) is 0 Å². The Bertz CT molecular complexity index is 434. The molecular formula is C13H18BrN3O2. The van der Waals surface area contributed by atoms with Crippen molar-refractivity contribution in [3.8, 4) is 0 Å². The van der Waals surface area contributed by atoms with Gasteiger partial charge in [0, 0.05) is 24.0 Å². The van der Waals surface area contributed by atoms with E-state index in [9.17, 15) is 9.59 Å². The summed E-state index contributed by atoms with van der Waals surface area (Å²) in [5.74, 6) is -0.344. The Morgan fingerprint density at radius 1 is 1.26 bits per heavy atom. The summed E-state index contributed by atoms with van der Waals surface area (Å²) in [6.45, 7) is 1.45. The van der Waals surface area contributed by atoms with Crippen molar-refractivity contribution in [1.82, 2.24) is 10.2 Å². The molecule has 0 aliphatic rings. The van der Waals surface area contributed by atoms with E-state index in [0.29, 0.717) is 6.54 Å². The number of benzene rings is 1. The molecule has 1 aromatic carbocycles. The average molecular weight is 328 g/mol. The number of carbonyl (C=O) groups is 2. The number of amides is 3. The third-order valence-corrected chi connectivity index (χ3v) is 3.21. The van der Waals surface area contributed by atoms with E-state index in [1.807, 2.05) is 29.4 Å². The van der Waals surface area contributed by atoms with Gasteiger partial charge in [0.2, 0.25) is 5.91 Å². The quantitative estimate of drug-likeness (QED) is 0.831. The van der Waals surface area contributed by atoms with E-state index in [2.05, 4.69) is 28.1 Å². The summed E-state index contributed by atoms with van der Waals surface area (Å²) in [6, 6.07) is 7.35. The highest BCUT2D eigenvalue weighted by atomic mass is 79.9. The van der Waals surface area contributed by atoms with Gasteiger partial charge in [0.1, 0.15) is 0 Å². The van der Waals surface area contributed by atoms with Crippen molar-refractivity contribution in [2.75, 3.05) is 20.1 Å². The summed E-state index contributed by atoms with van der Waals surface area (Å²) in [5, 5.41) is 2.05. The summed E-state index contributed by atoms with van der Waals surface area (Å²) in [7, 11) is 1.94. The van der Waals surface area contributed by atoms with Crippen LogP contribution in [0.4, 0.5) is 4.79 Å². The van der Waals surface area contributed by atoms with E-state index in [1.54, 1.807) is 0 Å². The number of likely N-dealkylation sites (N-methyl/N-ethyl adjacent to an activating group) is 1. The van der Waals surface area contributed by atoms with Crippen LogP contribution in [0.3, 0.4) is 0 Å². The standard InChI is InChI=1S/C13H18BrN3O2/c1-17(9-7-12(18)16-13(15)19)8-6-10-2-4-11(14)5-3-10/h2-5H,6-9H2,1H3,(H3,15,16,18,19). The number of nitrogens with one attached hydrogen (secondary N) is 1. The van der Waals surface area contributed by atoms with E-state index in [-0.39, 0.29) is 12.3 Å². The molecule has 0 aliphatic carbocycles. The Morgan fingerprint density at radius 2 is 1.89 bits per heavy atom. The van der Waals surface area contributed by atoms with Crippen molar-refractivity contribution in [1.29, 1.82) is 0 Å². The zero-order valence-electron chi connectivity index (χ0n) is 10.9. The smallest absolute Gasteiger partial charge is 0.318 e. The number of primary amides is 1. The number of rotatable bonds is 6. The van der Waals surface area contributed by atoms with Gasteiger partial charge in [0.25, 0.3) is 0 Å². The van der Waals surface area contributed by atoms with Crippen LogP contribution in [0.1, 0.15) is 12.0 Å². The maximum Gasteiger partial charge on any atom is 0.318 e. The first-order chi connectivity index (χ1) is 8.97. The molecule has 0 saturated heterocycles. The summed E-state index contributed by atoms with van der Waals surface area (Å²) in [5.41, 5.74) is 6.11. The van der Waals surface area contributed by atoms with Gasteiger partial charge < -0.3 is 10.6 Å². The predicted molar refractivity (Wildman–Crippen MR) is 77.7 cm³/mol. The third-order valence-electron chi connectivity index (χ3n) is 2.68. The van der Waals surface area contributed by atoms with Crippen LogP contribution in [0.15, 0.2) is 28.7 Å². The number of hydrogen-bond donors (Lipinski definition) is 2. The fourth-order valence-electron chi connectivity index (χ4n) is 1.58. The second kappa shape index (κ2) is 7.91. The largest absolute Gasteiger partial charge is 0.351 e. The van der Waals surface area contributed by atoms with Crippen molar-refractivity contribution in [2.24, 2.45) is 5.73 Å². The van der Waals surface area contributed by atoms with Crippen LogP contribution < -0.4 is 11.1 Å². The van der Waals surface area contributed by atoms with Crippen molar-refractivity contribution >= 4 is 27.9 Å². The van der Waals surface area contributed by atoms with Gasteiger partial charge in [-0.05, 0) is 31.2 Å². The van der Waals surface area contributed by atoms with Crippen LogP contribution in [0.25, 0.3) is 0 Å². The highest BCUT2D eigenvalue weighted by molar-refractivity contribution is 9.10. The van der Waals surface area contributed by atoms with Gasteiger partial charge in [0.05, 0.1) is 0 Å². The monoisotopic (exact) mass is 327 g/mol. The van der Waals surface area contributed by atoms with Gasteiger partial charge in [-0.25, -0.2) is 4.79 Å². The third kappa shape index (κ3) is 6.93. The second-order valence-electron chi connectivity index (χ2n) is 4.34. The molecule has 104 valence electrons. The maximum atomic E-state index is 11.2. The van der Waals surface area contributed by atoms with Crippen molar-refractivity contribution in [3.63, 3.8) is 0 Å². The van der Waals surface area contributed by atoms with Crippen LogP contribution in [-0.2, 0) is 11.2 Å². The Kier molecular flexibility index (Phi) is 6.52. The Hall–Kier alpha value is -1.40. The van der Waals surface area contributed by atoms with E-state index >= 15 is 0 Å². The molecule has 0 radical (unpaired) electrons. The fraction of sp³-hybridized carbons (Fsp3) is 0.385. The molecule has 0 aliphatic heterocycles. The molecule has 0 atom stereocenters. The van der Waals surface area contributed by atoms with E-state index in [4.69, 9.17) is 5.73 Å². The molecule has 1 rings (SSSR count). The van der Waals surface area contributed by atoms with Crippen molar-refractivity contribution < 1.29 is 9.59 Å². The lowest BCUT2D eigenvalue weighted by atomic mass is 10.1. The first-order valence-electron chi connectivity index (χ1n) is 5.99. The molecule has 3 amide bonds. The molecule has 0 saturated carbocycles. The number of nitrogens with two attached hydrogens (primary N) is 1. The molecule has 0 unspecified atom stereocenters. The summed E-state index contributed by atoms with van der Waals surface area (Å²) < 4.78 is 1.06. The lowest BCUT2D eigenvalue weighted by Gasteiger charge is -2.15. The lowest BCUT2D eigenvalue weighted by molar-refractivity contribution is -0.120. The number of nitrogens with zero attached hydrogens (tertiary/aromatic N) is 1. The molecule has 0 heterocycles. The molecule has 1 aromatic rings. The number of imide groups is 1. The topological polar surface area (TPSA) is 75.4 Å². The number of halogens is 1. The molecule has 0 bridgehead atoms. The summed E-state index contributed by atoms with van der Waals surface area (Å²) in [4.78, 5) is 23.7. The minimum atomic E-state index is -0.803. The van der Waals surface area contributed by atoms with Gasteiger partial charge in [0.15, 0.2) is 0 Å². The Labute approximate surface area is 121 Å². The van der Waals surface area contributed by atoms with Crippen molar-refractivity contribution in [3.05, 3.63) is 34.3 Å². The zero-order valence-corrected chi connectivity index (χ0v) is 12.4. The van der Waals surface area contributed by atoms with Crippen LogP contribution in [0.5, 0.6) is 0 Å². The van der Waals surface area contributed by atoms with Gasteiger partial charge in [-0.1, -0.05) is 28.1 Å². The molecule has 0 aromatic heterocycles. The predicted octanol–water partition coefficient (Wildman–Crippen LogP) is 1.51. The minimum Gasteiger partial charge on any atom is -0.351 e. The number of carbonyl (C=O) groups excluding carboxylic acids is 2. The SMILES string of the molecule is CN(CCC(=O)NC(N)=O)CCc1ccc(Br)cc1. The van der Waals surface area contributed by atoms with Crippen molar-refractivity contribution in [2.45, 2.75) is 12.8 Å². The molecule has 0 spiro atoms. The fourth-order valence-corrected chi connectivity index (χ4v) is 1.84. The van der Waals surface area contributed by atoms with Gasteiger partial charge >= 0.3 is 6.03 Å². The van der Waals surface area contributed by atoms with Crippen LogP contribution in [0, 0.1) is 0 Å². The minimum absolute atomic E-state index is 0.264. The van der Waals surface area contributed by atoms with Crippen LogP contribution in [0.2, 0.25) is 0 Å².